The predicted octanol–water partition coefficient (Wildman–Crippen LogP) is 2.79. The topological polar surface area (TPSA) is 36.7 Å². The van der Waals surface area contributed by atoms with E-state index in [2.05, 4.69) is 21.7 Å². The first-order chi connectivity index (χ1) is 10.8. The largest absolute Gasteiger partial charge is 0.469 e. The van der Waals surface area contributed by atoms with Crippen LogP contribution >= 0.6 is 11.3 Å². The molecule has 2 atom stereocenters. The van der Waals surface area contributed by atoms with E-state index in [0.29, 0.717) is 11.8 Å². The molecule has 0 spiro atoms. The number of piperazine rings is 1. The van der Waals surface area contributed by atoms with Gasteiger partial charge in [0.15, 0.2) is 0 Å². The Morgan fingerprint density at radius 2 is 2.14 bits per heavy atom. The highest BCUT2D eigenvalue weighted by Gasteiger charge is 2.47. The molecule has 5 heteroatoms. The van der Waals surface area contributed by atoms with Crippen molar-refractivity contribution in [2.24, 2.45) is 5.92 Å². The van der Waals surface area contributed by atoms with Gasteiger partial charge in [0.1, 0.15) is 5.76 Å². The normalized spacial score (nSPS) is 25.4. The second kappa shape index (κ2) is 5.89. The molecule has 4 nitrogen and oxygen atoms in total. The van der Waals surface area contributed by atoms with Crippen LogP contribution in [-0.4, -0.2) is 41.9 Å². The van der Waals surface area contributed by atoms with E-state index in [9.17, 15) is 4.79 Å². The summed E-state index contributed by atoms with van der Waals surface area (Å²) in [4.78, 5) is 17.0. The van der Waals surface area contributed by atoms with E-state index in [1.807, 2.05) is 17.0 Å². The van der Waals surface area contributed by atoms with Gasteiger partial charge in [0.25, 0.3) is 0 Å². The fraction of sp³-hybridized carbons (Fsp3) is 0.471. The lowest BCUT2D eigenvalue weighted by Crippen LogP contribution is -2.48. The summed E-state index contributed by atoms with van der Waals surface area (Å²) in [6, 6.07) is 6.06. The predicted molar refractivity (Wildman–Crippen MR) is 85.7 cm³/mol. The van der Waals surface area contributed by atoms with E-state index in [0.717, 1.165) is 44.9 Å². The molecule has 0 radical (unpaired) electrons. The maximum Gasteiger partial charge on any atom is 0.226 e. The zero-order valence-corrected chi connectivity index (χ0v) is 13.3. The summed E-state index contributed by atoms with van der Waals surface area (Å²) in [7, 11) is 0. The van der Waals surface area contributed by atoms with Gasteiger partial charge in [-0.15, -0.1) is 0 Å². The number of amides is 1. The minimum atomic E-state index is 0.148. The standard InChI is InChI=1S/C17H20N2O2S/c20-17(15-10-14(15)16-2-1-8-21-16)19-6-4-18(5-7-19)11-13-3-9-22-12-13/h1-3,8-9,12,14-15H,4-7,10-11H2. The van der Waals surface area contributed by atoms with Gasteiger partial charge < -0.3 is 9.32 Å². The molecule has 1 amide bonds. The molecule has 22 heavy (non-hydrogen) atoms. The summed E-state index contributed by atoms with van der Waals surface area (Å²) < 4.78 is 5.42. The third-order valence-corrected chi connectivity index (χ3v) is 5.42. The lowest BCUT2D eigenvalue weighted by atomic mass is 10.2. The number of thiophene rings is 1. The van der Waals surface area contributed by atoms with Crippen LogP contribution < -0.4 is 0 Å². The molecular formula is C17H20N2O2S. The lowest BCUT2D eigenvalue weighted by molar-refractivity contribution is -0.134. The van der Waals surface area contributed by atoms with Crippen molar-refractivity contribution < 1.29 is 9.21 Å². The van der Waals surface area contributed by atoms with Crippen LogP contribution in [0.1, 0.15) is 23.7 Å². The molecule has 2 aromatic rings. The van der Waals surface area contributed by atoms with Crippen LogP contribution in [0.4, 0.5) is 0 Å². The van der Waals surface area contributed by atoms with Crippen molar-refractivity contribution in [3.63, 3.8) is 0 Å². The quantitative estimate of drug-likeness (QED) is 0.870. The van der Waals surface area contributed by atoms with Gasteiger partial charge in [-0.2, -0.15) is 11.3 Å². The van der Waals surface area contributed by atoms with Crippen molar-refractivity contribution >= 4 is 17.2 Å². The zero-order valence-electron chi connectivity index (χ0n) is 12.5. The van der Waals surface area contributed by atoms with E-state index in [-0.39, 0.29) is 5.92 Å². The molecular weight excluding hydrogens is 296 g/mol. The highest BCUT2D eigenvalue weighted by atomic mass is 32.1. The van der Waals surface area contributed by atoms with Crippen molar-refractivity contribution in [1.29, 1.82) is 0 Å². The number of hydrogen-bond acceptors (Lipinski definition) is 4. The second-order valence-electron chi connectivity index (χ2n) is 6.20. The van der Waals surface area contributed by atoms with Gasteiger partial charge in [0, 0.05) is 44.6 Å². The number of carbonyl (C=O) groups excluding carboxylic acids is 1. The first-order valence-corrected chi connectivity index (χ1v) is 8.81. The average molecular weight is 316 g/mol. The lowest BCUT2D eigenvalue weighted by Gasteiger charge is -2.34. The first-order valence-electron chi connectivity index (χ1n) is 7.87. The second-order valence-corrected chi connectivity index (χ2v) is 6.98. The van der Waals surface area contributed by atoms with Gasteiger partial charge in [0.05, 0.1) is 6.26 Å². The van der Waals surface area contributed by atoms with Crippen LogP contribution in [0.2, 0.25) is 0 Å². The van der Waals surface area contributed by atoms with Crippen LogP contribution in [0.5, 0.6) is 0 Å². The smallest absolute Gasteiger partial charge is 0.226 e. The summed E-state index contributed by atoms with van der Waals surface area (Å²) in [5, 5.41) is 4.33. The summed E-state index contributed by atoms with van der Waals surface area (Å²) >= 11 is 1.74. The van der Waals surface area contributed by atoms with Crippen molar-refractivity contribution in [1.82, 2.24) is 9.80 Å². The van der Waals surface area contributed by atoms with E-state index in [1.165, 1.54) is 5.56 Å². The Labute approximate surface area is 134 Å². The summed E-state index contributed by atoms with van der Waals surface area (Å²) in [5.41, 5.74) is 1.38. The molecule has 1 aliphatic carbocycles. The average Bonchev–Trinajstić information content (AvgIpc) is 2.94. The number of rotatable bonds is 4. The number of furan rings is 1. The molecule has 1 saturated heterocycles. The molecule has 116 valence electrons. The fourth-order valence-corrected chi connectivity index (χ4v) is 3.95. The van der Waals surface area contributed by atoms with Crippen LogP contribution in [0.15, 0.2) is 39.6 Å². The van der Waals surface area contributed by atoms with Crippen LogP contribution in [-0.2, 0) is 11.3 Å². The summed E-state index contributed by atoms with van der Waals surface area (Å²) in [6.45, 7) is 4.65. The summed E-state index contributed by atoms with van der Waals surface area (Å²) in [5.74, 6) is 1.74. The highest BCUT2D eigenvalue weighted by Crippen LogP contribution is 2.48. The SMILES string of the molecule is O=C(C1CC1c1ccco1)N1CCN(Cc2ccsc2)CC1. The Hall–Kier alpha value is -1.59. The van der Waals surface area contributed by atoms with Gasteiger partial charge in [-0.3, -0.25) is 9.69 Å². The number of carbonyl (C=O) groups is 1. The molecule has 1 saturated carbocycles. The minimum Gasteiger partial charge on any atom is -0.469 e. The van der Waals surface area contributed by atoms with Crippen LogP contribution in [0.3, 0.4) is 0 Å². The molecule has 1 aliphatic heterocycles. The van der Waals surface area contributed by atoms with Crippen LogP contribution in [0, 0.1) is 5.92 Å². The first kappa shape index (κ1) is 14.0. The Kier molecular flexibility index (Phi) is 3.76. The molecule has 2 unspecified atom stereocenters. The maximum atomic E-state index is 12.6. The van der Waals surface area contributed by atoms with Crippen LogP contribution in [0.25, 0.3) is 0 Å². The molecule has 4 rings (SSSR count). The van der Waals surface area contributed by atoms with Gasteiger partial charge >= 0.3 is 0 Å². The summed E-state index contributed by atoms with van der Waals surface area (Å²) in [6.07, 6.45) is 2.64. The number of nitrogens with zero attached hydrogens (tertiary/aromatic N) is 2. The Morgan fingerprint density at radius 3 is 2.82 bits per heavy atom. The zero-order chi connectivity index (χ0) is 14.9. The van der Waals surface area contributed by atoms with Gasteiger partial charge in [-0.1, -0.05) is 0 Å². The highest BCUT2D eigenvalue weighted by molar-refractivity contribution is 7.07. The van der Waals surface area contributed by atoms with Gasteiger partial charge in [-0.25, -0.2) is 0 Å². The minimum absolute atomic E-state index is 0.148. The third-order valence-electron chi connectivity index (χ3n) is 4.69. The molecule has 2 fully saturated rings. The van der Waals surface area contributed by atoms with E-state index in [1.54, 1.807) is 17.6 Å². The fourth-order valence-electron chi connectivity index (χ4n) is 3.29. The monoisotopic (exact) mass is 316 g/mol. The van der Waals surface area contributed by atoms with Crippen molar-refractivity contribution in [2.75, 3.05) is 26.2 Å². The van der Waals surface area contributed by atoms with Crippen molar-refractivity contribution in [3.8, 4) is 0 Å². The molecule has 2 aliphatic rings. The van der Waals surface area contributed by atoms with E-state index >= 15 is 0 Å². The van der Waals surface area contributed by atoms with Gasteiger partial charge in [-0.05, 0) is 40.9 Å². The Bertz CT molecular complexity index is 615. The maximum absolute atomic E-state index is 12.6. The molecule has 2 aromatic heterocycles. The Morgan fingerprint density at radius 1 is 1.27 bits per heavy atom. The van der Waals surface area contributed by atoms with Crippen molar-refractivity contribution in [3.05, 3.63) is 46.5 Å². The molecule has 0 aromatic carbocycles. The van der Waals surface area contributed by atoms with Crippen molar-refractivity contribution in [2.45, 2.75) is 18.9 Å². The number of hydrogen-bond donors (Lipinski definition) is 0. The van der Waals surface area contributed by atoms with Gasteiger partial charge in [0.2, 0.25) is 5.91 Å². The van der Waals surface area contributed by atoms with E-state index < -0.39 is 0 Å². The van der Waals surface area contributed by atoms with E-state index in [4.69, 9.17) is 4.42 Å². The molecule has 3 heterocycles. The molecule has 0 N–H and O–H groups in total. The molecule has 0 bridgehead atoms. The third kappa shape index (κ3) is 2.83. The Balaban J connectivity index is 1.28.